The normalized spacial score (nSPS) is 11.8. The Bertz CT molecular complexity index is 476. The molecule has 0 unspecified atom stereocenters. The van der Waals surface area contributed by atoms with Crippen molar-refractivity contribution in [2.24, 2.45) is 5.14 Å². The highest BCUT2D eigenvalue weighted by molar-refractivity contribution is 7.89. The van der Waals surface area contributed by atoms with Crippen LogP contribution in [0.15, 0.2) is 23.1 Å². The number of primary sulfonamides is 1. The van der Waals surface area contributed by atoms with Crippen molar-refractivity contribution >= 4 is 21.4 Å². The SMILES string of the molecule is Nc1ccc(S(N)(=O)=O)cc1NCC(F)F. The van der Waals surface area contributed by atoms with Gasteiger partial charge in [-0.15, -0.1) is 0 Å². The smallest absolute Gasteiger partial charge is 0.255 e. The van der Waals surface area contributed by atoms with E-state index in [0.717, 1.165) is 6.07 Å². The molecule has 0 radical (unpaired) electrons. The van der Waals surface area contributed by atoms with Crippen molar-refractivity contribution in [3.63, 3.8) is 0 Å². The van der Waals surface area contributed by atoms with E-state index in [-0.39, 0.29) is 16.3 Å². The lowest BCUT2D eigenvalue weighted by Gasteiger charge is -2.09. The molecule has 0 heterocycles. The molecular formula is C8H11F2N3O2S. The molecule has 5 N–H and O–H groups in total. The summed E-state index contributed by atoms with van der Waals surface area (Å²) >= 11 is 0. The minimum absolute atomic E-state index is 0.117. The number of nitrogen functional groups attached to an aromatic ring is 1. The Hall–Kier alpha value is -1.41. The number of benzene rings is 1. The third-order valence-electron chi connectivity index (χ3n) is 1.80. The first-order valence-corrected chi connectivity index (χ1v) is 5.79. The van der Waals surface area contributed by atoms with Crippen LogP contribution in [0.1, 0.15) is 0 Å². The minimum atomic E-state index is -3.86. The number of alkyl halides is 2. The maximum atomic E-state index is 11.9. The zero-order chi connectivity index (χ0) is 12.3. The lowest BCUT2D eigenvalue weighted by atomic mass is 10.2. The van der Waals surface area contributed by atoms with Gasteiger partial charge in [-0.2, -0.15) is 0 Å². The molecule has 0 amide bonds. The Kier molecular flexibility index (Phi) is 3.66. The summed E-state index contributed by atoms with van der Waals surface area (Å²) in [6.45, 7) is -0.613. The van der Waals surface area contributed by atoms with Gasteiger partial charge in [-0.1, -0.05) is 0 Å². The number of anilines is 2. The maximum Gasteiger partial charge on any atom is 0.255 e. The van der Waals surface area contributed by atoms with Gasteiger partial charge in [0, 0.05) is 0 Å². The summed E-state index contributed by atoms with van der Waals surface area (Å²) in [7, 11) is -3.86. The summed E-state index contributed by atoms with van der Waals surface area (Å²) in [6, 6.07) is 3.61. The zero-order valence-electron chi connectivity index (χ0n) is 8.15. The van der Waals surface area contributed by atoms with Crippen molar-refractivity contribution < 1.29 is 17.2 Å². The average molecular weight is 251 g/mol. The van der Waals surface area contributed by atoms with Crippen LogP contribution in [0.3, 0.4) is 0 Å². The van der Waals surface area contributed by atoms with Crippen LogP contribution in [0.25, 0.3) is 0 Å². The molecule has 0 aliphatic rings. The largest absolute Gasteiger partial charge is 0.397 e. The predicted octanol–water partition coefficient (Wildman–Crippen LogP) is 0.593. The fraction of sp³-hybridized carbons (Fsp3) is 0.250. The molecule has 90 valence electrons. The molecule has 0 spiro atoms. The van der Waals surface area contributed by atoms with E-state index >= 15 is 0 Å². The summed E-state index contributed by atoms with van der Waals surface area (Å²) in [5.41, 5.74) is 5.77. The second-order valence-corrected chi connectivity index (χ2v) is 4.63. The van der Waals surface area contributed by atoms with Crippen LogP contribution < -0.4 is 16.2 Å². The Morgan fingerprint density at radius 2 is 2.00 bits per heavy atom. The first kappa shape index (κ1) is 12.7. The van der Waals surface area contributed by atoms with E-state index in [1.807, 2.05) is 0 Å². The van der Waals surface area contributed by atoms with E-state index in [1.165, 1.54) is 12.1 Å². The highest BCUT2D eigenvalue weighted by atomic mass is 32.2. The number of nitrogens with two attached hydrogens (primary N) is 2. The number of hydrogen-bond acceptors (Lipinski definition) is 4. The second kappa shape index (κ2) is 4.62. The van der Waals surface area contributed by atoms with E-state index in [1.54, 1.807) is 0 Å². The molecule has 0 aromatic heterocycles. The lowest BCUT2D eigenvalue weighted by molar-refractivity contribution is 0.163. The van der Waals surface area contributed by atoms with E-state index in [0.29, 0.717) is 0 Å². The highest BCUT2D eigenvalue weighted by Gasteiger charge is 2.11. The van der Waals surface area contributed by atoms with Gasteiger partial charge in [0.15, 0.2) is 0 Å². The van der Waals surface area contributed by atoms with Gasteiger partial charge in [0.05, 0.1) is 22.8 Å². The summed E-state index contributed by atoms with van der Waals surface area (Å²) in [6.07, 6.45) is -2.56. The average Bonchev–Trinajstić information content (AvgIpc) is 2.14. The van der Waals surface area contributed by atoms with Crippen molar-refractivity contribution in [3.05, 3.63) is 18.2 Å². The zero-order valence-corrected chi connectivity index (χ0v) is 8.97. The van der Waals surface area contributed by atoms with Gasteiger partial charge in [-0.05, 0) is 18.2 Å². The molecule has 1 rings (SSSR count). The summed E-state index contributed by atoms with van der Waals surface area (Å²) in [5, 5.41) is 7.22. The molecule has 0 saturated heterocycles. The van der Waals surface area contributed by atoms with Gasteiger partial charge in [-0.25, -0.2) is 22.3 Å². The molecule has 0 atom stereocenters. The molecule has 1 aromatic rings. The van der Waals surface area contributed by atoms with E-state index in [2.05, 4.69) is 5.32 Å². The molecule has 1 aromatic carbocycles. The molecule has 0 aliphatic carbocycles. The molecular weight excluding hydrogens is 240 g/mol. The van der Waals surface area contributed by atoms with E-state index < -0.39 is 23.0 Å². The molecule has 0 aliphatic heterocycles. The molecule has 0 bridgehead atoms. The Morgan fingerprint density at radius 3 is 2.50 bits per heavy atom. The van der Waals surface area contributed by atoms with Gasteiger partial charge >= 0.3 is 0 Å². The number of sulfonamides is 1. The molecule has 0 fully saturated rings. The third-order valence-corrected chi connectivity index (χ3v) is 2.71. The van der Waals surface area contributed by atoms with Crippen LogP contribution in [0.4, 0.5) is 20.2 Å². The van der Waals surface area contributed by atoms with Crippen LogP contribution in [0, 0.1) is 0 Å². The van der Waals surface area contributed by atoms with Crippen molar-refractivity contribution in [1.29, 1.82) is 0 Å². The fourth-order valence-corrected chi connectivity index (χ4v) is 1.59. The van der Waals surface area contributed by atoms with E-state index in [9.17, 15) is 17.2 Å². The summed E-state index contributed by atoms with van der Waals surface area (Å²) < 4.78 is 45.9. The quantitative estimate of drug-likeness (QED) is 0.682. The molecule has 16 heavy (non-hydrogen) atoms. The topological polar surface area (TPSA) is 98.2 Å². The van der Waals surface area contributed by atoms with Gasteiger partial charge in [-0.3, -0.25) is 0 Å². The van der Waals surface area contributed by atoms with Gasteiger partial charge in [0.2, 0.25) is 10.0 Å². The first-order chi connectivity index (χ1) is 7.30. The standard InChI is InChI=1S/C8H11F2N3O2S/c9-8(10)4-13-7-3-5(16(12,14)15)1-2-6(7)11/h1-3,8,13H,4,11H2,(H2,12,14,15). The van der Waals surface area contributed by atoms with Crippen molar-refractivity contribution in [2.45, 2.75) is 11.3 Å². The number of hydrogen-bond donors (Lipinski definition) is 3. The lowest BCUT2D eigenvalue weighted by Crippen LogP contribution is -2.15. The van der Waals surface area contributed by atoms with Gasteiger partial charge in [0.1, 0.15) is 0 Å². The summed E-state index contributed by atoms with van der Waals surface area (Å²) in [5.74, 6) is 0. The Morgan fingerprint density at radius 1 is 1.38 bits per heavy atom. The molecule has 5 nitrogen and oxygen atoms in total. The van der Waals surface area contributed by atoms with Crippen molar-refractivity contribution in [3.8, 4) is 0 Å². The molecule has 0 saturated carbocycles. The second-order valence-electron chi connectivity index (χ2n) is 3.07. The maximum absolute atomic E-state index is 11.9. The number of halogens is 2. The van der Waals surface area contributed by atoms with Crippen LogP contribution in [0.2, 0.25) is 0 Å². The number of rotatable bonds is 4. The van der Waals surface area contributed by atoms with E-state index in [4.69, 9.17) is 10.9 Å². The first-order valence-electron chi connectivity index (χ1n) is 4.25. The van der Waals surface area contributed by atoms with Gasteiger partial charge < -0.3 is 11.1 Å². The van der Waals surface area contributed by atoms with Crippen LogP contribution >= 0.6 is 0 Å². The third kappa shape index (κ3) is 3.31. The predicted molar refractivity (Wildman–Crippen MR) is 56.7 cm³/mol. The molecule has 8 heteroatoms. The van der Waals surface area contributed by atoms with Crippen molar-refractivity contribution in [1.82, 2.24) is 0 Å². The monoisotopic (exact) mass is 251 g/mol. The van der Waals surface area contributed by atoms with Crippen LogP contribution in [0.5, 0.6) is 0 Å². The van der Waals surface area contributed by atoms with Gasteiger partial charge in [0.25, 0.3) is 6.43 Å². The Balaban J connectivity index is 3.00. The summed E-state index contributed by atoms with van der Waals surface area (Å²) in [4.78, 5) is -0.182. The van der Waals surface area contributed by atoms with Crippen molar-refractivity contribution in [2.75, 3.05) is 17.6 Å². The fourth-order valence-electron chi connectivity index (χ4n) is 1.05. The minimum Gasteiger partial charge on any atom is -0.397 e. The highest BCUT2D eigenvalue weighted by Crippen LogP contribution is 2.22. The van der Waals surface area contributed by atoms with Crippen LogP contribution in [-0.2, 0) is 10.0 Å². The number of nitrogens with one attached hydrogen (secondary N) is 1. The Labute approximate surface area is 91.5 Å². The van der Waals surface area contributed by atoms with Crippen LogP contribution in [-0.4, -0.2) is 21.4 Å².